The molecule has 0 bridgehead atoms. The molecule has 0 aliphatic rings. The van der Waals surface area contributed by atoms with Gasteiger partial charge in [0.05, 0.1) is 13.7 Å². The van der Waals surface area contributed by atoms with Crippen molar-refractivity contribution in [2.24, 2.45) is 11.8 Å². The predicted molar refractivity (Wildman–Crippen MR) is 133 cm³/mol. The Hall–Kier alpha value is -0.821. The van der Waals surface area contributed by atoms with Crippen LogP contribution in [0.25, 0.3) is 0 Å². The van der Waals surface area contributed by atoms with E-state index in [0.29, 0.717) is 25.6 Å². The summed E-state index contributed by atoms with van der Waals surface area (Å²) < 4.78 is 12.2. The molecule has 0 aromatic heterocycles. The molecule has 0 spiro atoms. The fourth-order valence-electron chi connectivity index (χ4n) is 3.67. The van der Waals surface area contributed by atoms with Gasteiger partial charge in [-0.15, -0.1) is 0 Å². The number of allylic oxidation sites excluding steroid dienone is 1. The van der Waals surface area contributed by atoms with Gasteiger partial charge in [-0.2, -0.15) is 0 Å². The molecule has 0 aliphatic heterocycles. The summed E-state index contributed by atoms with van der Waals surface area (Å²) in [7, 11) is 1.67. The zero-order valence-corrected chi connectivity index (χ0v) is 23.3. The first-order valence-electron chi connectivity index (χ1n) is 11.4. The molecule has 0 amide bonds. The van der Waals surface area contributed by atoms with E-state index in [1.165, 1.54) is 9.16 Å². The maximum atomic E-state index is 10.5. The van der Waals surface area contributed by atoms with Crippen molar-refractivity contribution in [3.05, 3.63) is 51.6 Å². The van der Waals surface area contributed by atoms with E-state index >= 15 is 0 Å². The van der Waals surface area contributed by atoms with Crippen molar-refractivity contribution in [3.8, 4) is 5.75 Å². The van der Waals surface area contributed by atoms with Gasteiger partial charge in [-0.1, -0.05) is 12.1 Å². The number of aliphatic hydroxyl groups is 2. The fraction of sp³-hybridized carbons (Fsp3) is 0.615. The minimum absolute atomic E-state index is 0.0444. The van der Waals surface area contributed by atoms with Crippen LogP contribution in [0.2, 0.25) is 14.8 Å². The van der Waals surface area contributed by atoms with E-state index in [1.54, 1.807) is 7.11 Å². The summed E-state index contributed by atoms with van der Waals surface area (Å²) in [5.41, 5.74) is 2.37. The van der Waals surface area contributed by atoms with E-state index in [9.17, 15) is 10.2 Å². The first kappa shape index (κ1) is 28.2. The van der Waals surface area contributed by atoms with Crippen LogP contribution in [0.3, 0.4) is 0 Å². The molecule has 5 heteroatoms. The van der Waals surface area contributed by atoms with Crippen LogP contribution in [0.1, 0.15) is 45.1 Å². The van der Waals surface area contributed by atoms with Gasteiger partial charge in [0, 0.05) is 0 Å². The molecule has 0 radical (unpaired) electrons. The van der Waals surface area contributed by atoms with Crippen molar-refractivity contribution in [1.82, 2.24) is 0 Å². The molecule has 4 nitrogen and oxygen atoms in total. The van der Waals surface area contributed by atoms with Crippen LogP contribution >= 0.6 is 0 Å². The average molecular weight is 539 g/mol. The van der Waals surface area contributed by atoms with Crippen molar-refractivity contribution in [3.63, 3.8) is 0 Å². The van der Waals surface area contributed by atoms with Gasteiger partial charge in [-0.3, -0.25) is 0 Å². The first-order valence-corrected chi connectivity index (χ1v) is 21.4. The molecule has 176 valence electrons. The number of hydrogen-bond donors (Lipinski definition) is 2. The summed E-state index contributed by atoms with van der Waals surface area (Å²) in [6.45, 7) is 9.85. The van der Waals surface area contributed by atoms with Gasteiger partial charge in [0.1, 0.15) is 5.75 Å². The predicted octanol–water partition coefficient (Wildman–Crippen LogP) is 5.76. The van der Waals surface area contributed by atoms with Gasteiger partial charge < -0.3 is 4.74 Å². The quantitative estimate of drug-likeness (QED) is 0.220. The third kappa shape index (κ3) is 11.6. The zero-order chi connectivity index (χ0) is 23.4. The Balaban J connectivity index is 2.31. The summed E-state index contributed by atoms with van der Waals surface area (Å²) in [5, 5.41) is 20.3. The summed E-state index contributed by atoms with van der Waals surface area (Å²) >= 11 is -2.26. The van der Waals surface area contributed by atoms with Crippen molar-refractivity contribution in [2.75, 3.05) is 20.3 Å². The summed E-state index contributed by atoms with van der Waals surface area (Å²) in [6.07, 6.45) is 5.28. The van der Waals surface area contributed by atoms with Crippen LogP contribution in [-0.2, 0) is 11.3 Å². The van der Waals surface area contributed by atoms with E-state index in [-0.39, 0.29) is 18.6 Å². The van der Waals surface area contributed by atoms with Crippen LogP contribution in [-0.4, -0.2) is 55.0 Å². The molecule has 2 unspecified atom stereocenters. The average Bonchev–Trinajstić information content (AvgIpc) is 2.71. The molecule has 0 heterocycles. The molecule has 31 heavy (non-hydrogen) atoms. The minimum atomic E-state index is -2.26. The third-order valence-corrected chi connectivity index (χ3v) is 12.5. The van der Waals surface area contributed by atoms with Crippen LogP contribution in [0.5, 0.6) is 5.75 Å². The molecular weight excluding hydrogens is 495 g/mol. The summed E-state index contributed by atoms with van der Waals surface area (Å²) in [5.74, 6) is 1.33. The SMILES string of the molecule is C=[C](C(CO)CC(O)C[C@H](C)CC/C=C(\C)COCc1ccc(OC)cc1)[Sn]([CH3])([CH3])[CH3]. The molecule has 0 aliphatic carbocycles. The molecular formula is C26H44O4Sn. The van der Waals surface area contributed by atoms with E-state index in [2.05, 4.69) is 41.3 Å². The van der Waals surface area contributed by atoms with E-state index < -0.39 is 18.4 Å². The number of rotatable bonds is 15. The molecule has 2 N–H and O–H groups in total. The Morgan fingerprint density at radius 3 is 2.35 bits per heavy atom. The van der Waals surface area contributed by atoms with Crippen LogP contribution in [0.15, 0.2) is 46.1 Å². The van der Waals surface area contributed by atoms with Gasteiger partial charge in [-0.25, -0.2) is 0 Å². The maximum absolute atomic E-state index is 10.5. The normalized spacial score (nSPS) is 15.4. The second-order valence-electron chi connectivity index (χ2n) is 9.85. The van der Waals surface area contributed by atoms with E-state index in [0.717, 1.165) is 30.6 Å². The number of methoxy groups -OCH3 is 1. The molecule has 0 fully saturated rings. The Bertz CT molecular complexity index is 676. The van der Waals surface area contributed by atoms with Gasteiger partial charge in [0.2, 0.25) is 0 Å². The van der Waals surface area contributed by atoms with Crippen LogP contribution in [0.4, 0.5) is 0 Å². The van der Waals surface area contributed by atoms with Gasteiger partial charge in [0.25, 0.3) is 0 Å². The second-order valence-corrected chi connectivity index (χ2v) is 24.5. The van der Waals surface area contributed by atoms with Gasteiger partial charge >= 0.3 is 141 Å². The Labute approximate surface area is 194 Å². The number of benzene rings is 1. The molecule has 1 rings (SSSR count). The molecule has 1 aromatic carbocycles. The zero-order valence-electron chi connectivity index (χ0n) is 20.5. The van der Waals surface area contributed by atoms with Gasteiger partial charge in [0.15, 0.2) is 0 Å². The Morgan fingerprint density at radius 1 is 1.16 bits per heavy atom. The van der Waals surface area contributed by atoms with Crippen molar-refractivity contribution in [2.45, 2.75) is 67.1 Å². The molecule has 1 aromatic rings. The number of ether oxygens (including phenoxy) is 2. The fourth-order valence-corrected chi connectivity index (χ4v) is 7.76. The monoisotopic (exact) mass is 540 g/mol. The van der Waals surface area contributed by atoms with Gasteiger partial charge in [-0.05, 0) is 17.7 Å². The first-order chi connectivity index (χ1) is 14.6. The van der Waals surface area contributed by atoms with Crippen molar-refractivity contribution >= 4 is 18.4 Å². The molecule has 0 saturated carbocycles. The summed E-state index contributed by atoms with van der Waals surface area (Å²) in [4.78, 5) is 6.93. The third-order valence-electron chi connectivity index (χ3n) is 5.82. The van der Waals surface area contributed by atoms with Crippen LogP contribution in [0, 0.1) is 11.8 Å². The number of aliphatic hydroxyl groups excluding tert-OH is 2. The standard InChI is InChI=1S/C23H35O4.3CH3.Sn/c1-5-20(15-24)14-22(25)13-18(2)7-6-8-19(3)16-27-17-21-9-11-23(26-4)12-10-21;;;;/h8-12,18,20,22,24-25H,1,6-7,13-17H2,2-4H3;3*1H3;/b19-8+;;;;/t18-,20?,22?;;;;/m1..../s1. The molecule has 0 saturated heterocycles. The Kier molecular flexibility index (Phi) is 13.1. The van der Waals surface area contributed by atoms with Crippen LogP contribution < -0.4 is 4.74 Å². The van der Waals surface area contributed by atoms with E-state index in [4.69, 9.17) is 9.47 Å². The summed E-state index contributed by atoms with van der Waals surface area (Å²) in [6, 6.07) is 7.93. The van der Waals surface area contributed by atoms with E-state index in [1.807, 2.05) is 24.3 Å². The second kappa shape index (κ2) is 14.4. The Morgan fingerprint density at radius 2 is 1.81 bits per heavy atom. The topological polar surface area (TPSA) is 58.9 Å². The van der Waals surface area contributed by atoms with Crippen molar-refractivity contribution in [1.29, 1.82) is 0 Å². The molecule has 3 atom stereocenters. The van der Waals surface area contributed by atoms with Crippen molar-refractivity contribution < 1.29 is 19.7 Å². The number of hydrogen-bond acceptors (Lipinski definition) is 4.